The zero-order valence-electron chi connectivity index (χ0n) is 21.3. The van der Waals surface area contributed by atoms with Crippen molar-refractivity contribution in [2.75, 3.05) is 32.4 Å². The van der Waals surface area contributed by atoms with Crippen LogP contribution in [0.3, 0.4) is 0 Å². The number of phenolic OH excluding ortho intramolecular Hbond substituents is 1. The maximum atomic E-state index is 13.7. The third-order valence-electron chi connectivity index (χ3n) is 7.61. The number of fused-ring (bicyclic) bond motifs is 1. The van der Waals surface area contributed by atoms with E-state index in [0.29, 0.717) is 43.1 Å². The van der Waals surface area contributed by atoms with Crippen LogP contribution in [0.4, 0.5) is 0 Å². The summed E-state index contributed by atoms with van der Waals surface area (Å²) in [5, 5.41) is 10.4. The Hall–Kier alpha value is -2.58. The lowest BCUT2D eigenvalue weighted by Crippen LogP contribution is -2.53. The molecule has 2 aliphatic rings. The zero-order valence-corrected chi connectivity index (χ0v) is 22.2. The second-order valence-corrected chi connectivity index (χ2v) is 12.2. The number of phenols is 1. The molecule has 1 atom stereocenters. The summed E-state index contributed by atoms with van der Waals surface area (Å²) in [4.78, 5) is 18.2. The summed E-state index contributed by atoms with van der Waals surface area (Å²) in [6, 6.07) is 7.04. The standard InChI is InChI=1S/C27H36N2O5S/c1-18-19(2)25-23(20(3)24(18)30)11-12-27(4,34-25)26(31)29-14-6-13-28(15-16-29)17-21-7-9-22(10-8-21)35(5,32)33/h7-10,30H,6,11-17H2,1-5H3. The van der Waals surface area contributed by atoms with E-state index in [2.05, 4.69) is 4.90 Å². The molecule has 1 amide bonds. The van der Waals surface area contributed by atoms with Crippen LogP contribution in [0.15, 0.2) is 29.2 Å². The second kappa shape index (κ2) is 9.47. The van der Waals surface area contributed by atoms with Crippen molar-refractivity contribution in [3.63, 3.8) is 0 Å². The van der Waals surface area contributed by atoms with E-state index in [1.807, 2.05) is 44.7 Å². The number of amides is 1. The molecule has 0 aliphatic carbocycles. The van der Waals surface area contributed by atoms with E-state index >= 15 is 0 Å². The first kappa shape index (κ1) is 25.5. The van der Waals surface area contributed by atoms with Crippen molar-refractivity contribution in [2.24, 2.45) is 0 Å². The van der Waals surface area contributed by atoms with Crippen molar-refractivity contribution in [1.29, 1.82) is 0 Å². The third-order valence-corrected chi connectivity index (χ3v) is 8.73. The summed E-state index contributed by atoms with van der Waals surface area (Å²) in [5.74, 6) is 1.08. The molecule has 1 fully saturated rings. The van der Waals surface area contributed by atoms with Gasteiger partial charge in [0.05, 0.1) is 4.90 Å². The Morgan fingerprint density at radius 1 is 1.03 bits per heavy atom. The van der Waals surface area contributed by atoms with Crippen molar-refractivity contribution in [3.8, 4) is 11.5 Å². The minimum atomic E-state index is -3.20. The molecule has 8 heteroatoms. The molecule has 0 spiro atoms. The normalized spacial score (nSPS) is 21.2. The molecule has 2 aliphatic heterocycles. The van der Waals surface area contributed by atoms with Crippen molar-refractivity contribution < 1.29 is 23.1 Å². The molecular weight excluding hydrogens is 464 g/mol. The summed E-state index contributed by atoms with van der Waals surface area (Å²) in [5.41, 5.74) is 3.66. The number of ether oxygens (including phenoxy) is 1. The lowest BCUT2D eigenvalue weighted by atomic mass is 9.86. The number of carbonyl (C=O) groups is 1. The van der Waals surface area contributed by atoms with Crippen LogP contribution in [0.2, 0.25) is 0 Å². The molecule has 0 saturated carbocycles. The molecule has 190 valence electrons. The van der Waals surface area contributed by atoms with Gasteiger partial charge in [-0.1, -0.05) is 12.1 Å². The molecule has 1 N–H and O–H groups in total. The van der Waals surface area contributed by atoms with E-state index in [0.717, 1.165) is 53.1 Å². The van der Waals surface area contributed by atoms with Gasteiger partial charge in [-0.05, 0) is 74.9 Å². The van der Waals surface area contributed by atoms with Crippen LogP contribution in [0.5, 0.6) is 11.5 Å². The Morgan fingerprint density at radius 2 is 1.71 bits per heavy atom. The lowest BCUT2D eigenvalue weighted by molar-refractivity contribution is -0.148. The van der Waals surface area contributed by atoms with Gasteiger partial charge in [-0.3, -0.25) is 9.69 Å². The zero-order chi connectivity index (χ0) is 25.5. The molecule has 2 aromatic rings. The van der Waals surface area contributed by atoms with Crippen molar-refractivity contribution in [1.82, 2.24) is 9.80 Å². The average Bonchev–Trinajstić information content (AvgIpc) is 3.06. The first-order chi connectivity index (χ1) is 16.4. The average molecular weight is 501 g/mol. The number of aromatic hydroxyl groups is 1. The van der Waals surface area contributed by atoms with Crippen LogP contribution in [0, 0.1) is 20.8 Å². The van der Waals surface area contributed by atoms with Gasteiger partial charge in [0.1, 0.15) is 11.5 Å². The van der Waals surface area contributed by atoms with Crippen molar-refractivity contribution in [2.45, 2.75) is 64.0 Å². The number of rotatable bonds is 4. The highest BCUT2D eigenvalue weighted by Gasteiger charge is 2.43. The number of hydrogen-bond acceptors (Lipinski definition) is 6. The van der Waals surface area contributed by atoms with E-state index in [9.17, 15) is 18.3 Å². The quantitative estimate of drug-likeness (QED) is 0.691. The van der Waals surface area contributed by atoms with Gasteiger partial charge >= 0.3 is 0 Å². The highest BCUT2D eigenvalue weighted by Crippen LogP contribution is 2.43. The maximum absolute atomic E-state index is 13.7. The Bertz CT molecular complexity index is 1240. The summed E-state index contributed by atoms with van der Waals surface area (Å²) in [7, 11) is -3.20. The van der Waals surface area contributed by atoms with Gasteiger partial charge in [-0.15, -0.1) is 0 Å². The monoisotopic (exact) mass is 500 g/mol. The number of benzene rings is 2. The van der Waals surface area contributed by atoms with Gasteiger partial charge in [0.2, 0.25) is 0 Å². The smallest absolute Gasteiger partial charge is 0.266 e. The molecule has 35 heavy (non-hydrogen) atoms. The Balaban J connectivity index is 1.43. The van der Waals surface area contributed by atoms with Crippen LogP contribution >= 0.6 is 0 Å². The van der Waals surface area contributed by atoms with E-state index in [-0.39, 0.29) is 5.91 Å². The third kappa shape index (κ3) is 5.05. The molecule has 0 bridgehead atoms. The maximum Gasteiger partial charge on any atom is 0.266 e. The molecule has 1 unspecified atom stereocenters. The van der Waals surface area contributed by atoms with E-state index in [4.69, 9.17) is 4.74 Å². The van der Waals surface area contributed by atoms with Crippen LogP contribution in [-0.2, 0) is 27.6 Å². The topological polar surface area (TPSA) is 87.2 Å². The van der Waals surface area contributed by atoms with E-state index in [1.165, 1.54) is 6.26 Å². The second-order valence-electron chi connectivity index (χ2n) is 10.2. The predicted octanol–water partition coefficient (Wildman–Crippen LogP) is 3.54. The minimum Gasteiger partial charge on any atom is -0.507 e. The van der Waals surface area contributed by atoms with Gasteiger partial charge < -0.3 is 14.7 Å². The van der Waals surface area contributed by atoms with Crippen molar-refractivity contribution in [3.05, 3.63) is 52.1 Å². The summed E-state index contributed by atoms with van der Waals surface area (Å²) >= 11 is 0. The van der Waals surface area contributed by atoms with Gasteiger partial charge in [0.15, 0.2) is 15.4 Å². The Labute approximate surface area is 208 Å². The Kier molecular flexibility index (Phi) is 6.90. The molecule has 7 nitrogen and oxygen atoms in total. The summed E-state index contributed by atoms with van der Waals surface area (Å²) in [6.45, 7) is 11.3. The minimum absolute atomic E-state index is 0.0188. The van der Waals surface area contributed by atoms with Crippen LogP contribution in [-0.4, -0.2) is 67.3 Å². The fourth-order valence-corrected chi connectivity index (χ4v) is 5.80. The van der Waals surface area contributed by atoms with Gasteiger partial charge in [0.25, 0.3) is 5.91 Å². The lowest BCUT2D eigenvalue weighted by Gasteiger charge is -2.39. The van der Waals surface area contributed by atoms with Crippen molar-refractivity contribution >= 4 is 15.7 Å². The predicted molar refractivity (Wildman–Crippen MR) is 136 cm³/mol. The summed E-state index contributed by atoms with van der Waals surface area (Å²) in [6.07, 6.45) is 3.35. The summed E-state index contributed by atoms with van der Waals surface area (Å²) < 4.78 is 29.8. The highest BCUT2D eigenvalue weighted by atomic mass is 32.2. The number of sulfone groups is 1. The van der Waals surface area contributed by atoms with E-state index < -0.39 is 15.4 Å². The molecule has 4 rings (SSSR count). The Morgan fingerprint density at radius 3 is 2.37 bits per heavy atom. The van der Waals surface area contributed by atoms with Gasteiger partial charge in [-0.2, -0.15) is 0 Å². The van der Waals surface area contributed by atoms with Gasteiger partial charge in [-0.25, -0.2) is 8.42 Å². The van der Waals surface area contributed by atoms with Gasteiger partial charge in [0, 0.05) is 51.0 Å². The fourth-order valence-electron chi connectivity index (χ4n) is 5.17. The molecule has 2 aromatic carbocycles. The van der Waals surface area contributed by atoms with Crippen LogP contribution in [0.1, 0.15) is 47.6 Å². The van der Waals surface area contributed by atoms with Crippen LogP contribution < -0.4 is 4.74 Å². The number of nitrogens with zero attached hydrogens (tertiary/aromatic N) is 2. The fraction of sp³-hybridized carbons (Fsp3) is 0.519. The van der Waals surface area contributed by atoms with Crippen LogP contribution in [0.25, 0.3) is 0 Å². The highest BCUT2D eigenvalue weighted by molar-refractivity contribution is 7.90. The number of hydrogen-bond donors (Lipinski definition) is 1. The number of carbonyl (C=O) groups excluding carboxylic acids is 1. The molecule has 1 saturated heterocycles. The largest absolute Gasteiger partial charge is 0.507 e. The molecule has 2 heterocycles. The molecule has 0 radical (unpaired) electrons. The first-order valence-electron chi connectivity index (χ1n) is 12.2. The molecule has 0 aromatic heterocycles. The SMILES string of the molecule is Cc1c(C)c2c(c(C)c1O)CCC(C)(C(=O)N1CCCN(Cc3ccc(S(C)(=O)=O)cc3)CC1)O2. The molecular formula is C27H36N2O5S. The first-order valence-corrected chi connectivity index (χ1v) is 14.1. The van der Waals surface area contributed by atoms with E-state index in [1.54, 1.807) is 12.1 Å².